The molecule has 4 rings (SSSR count). The Morgan fingerprint density at radius 1 is 1.37 bits per heavy atom. The normalized spacial score (nSPS) is 26.4. The molecule has 0 unspecified atom stereocenters. The number of ketones is 1. The number of fused-ring (bicyclic) bond motifs is 3. The van der Waals surface area contributed by atoms with Gasteiger partial charge in [0.05, 0.1) is 12.3 Å². The van der Waals surface area contributed by atoms with Crippen molar-refractivity contribution in [2.45, 2.75) is 45.9 Å². The Hall–Kier alpha value is -2.80. The summed E-state index contributed by atoms with van der Waals surface area (Å²) in [5.41, 5.74) is 2.97. The molecule has 1 aromatic carbocycles. The molecule has 0 bridgehead atoms. The number of nitrogens with zero attached hydrogens (tertiary/aromatic N) is 3. The number of allylic oxidation sites excluding steroid dienone is 2. The third-order valence-electron chi connectivity index (χ3n) is 5.97. The Morgan fingerprint density at radius 3 is 2.78 bits per heavy atom. The average Bonchev–Trinajstić information content (AvgIpc) is 2.75. The molecule has 27 heavy (non-hydrogen) atoms. The van der Waals surface area contributed by atoms with E-state index in [1.807, 2.05) is 49.5 Å². The van der Waals surface area contributed by atoms with Crippen LogP contribution in [0, 0.1) is 18.4 Å². The second-order valence-electron chi connectivity index (χ2n) is 7.38. The number of hydrogen-bond acceptors (Lipinski definition) is 3. The maximum absolute atomic E-state index is 12.7. The summed E-state index contributed by atoms with van der Waals surface area (Å²) in [4.78, 5) is 25.7. The largest absolute Gasteiger partial charge is 0.308 e. The van der Waals surface area contributed by atoms with Crippen molar-refractivity contribution < 1.29 is 6.17 Å². The minimum absolute atomic E-state index is 0.00534. The molecule has 0 aliphatic heterocycles. The zero-order chi connectivity index (χ0) is 20.3. The highest BCUT2D eigenvalue weighted by Crippen LogP contribution is 2.50. The van der Waals surface area contributed by atoms with E-state index in [9.17, 15) is 4.79 Å². The molecule has 2 aliphatic carbocycles. The smallest absolute Gasteiger partial charge is 0.226 e. The Balaban J connectivity index is 0.00000109. The summed E-state index contributed by atoms with van der Waals surface area (Å²) < 4.78 is 5.75. The SMILES string of the molecule is [3H]C.[C-]#[N+]C1=C[C@]2(C)c3nc(-c4ccccc4)ncc3CC[C@H]2[C@H](CC)C1=O. The second kappa shape index (κ2) is 7.08. The van der Waals surface area contributed by atoms with Crippen LogP contribution in [0.3, 0.4) is 0 Å². The van der Waals surface area contributed by atoms with Crippen LogP contribution in [0.15, 0.2) is 48.3 Å². The first kappa shape index (κ1) is 17.6. The molecule has 0 saturated carbocycles. The third kappa shape index (κ3) is 2.88. The number of carbonyl (C=O) groups is 1. The highest BCUT2D eigenvalue weighted by molar-refractivity contribution is 6.00. The molecule has 0 fully saturated rings. The van der Waals surface area contributed by atoms with Crippen LogP contribution < -0.4 is 0 Å². The Labute approximate surface area is 162 Å². The van der Waals surface area contributed by atoms with Gasteiger partial charge in [-0.2, -0.15) is 0 Å². The molecule has 3 atom stereocenters. The van der Waals surface area contributed by atoms with Crippen molar-refractivity contribution in [3.05, 3.63) is 71.0 Å². The maximum Gasteiger partial charge on any atom is 0.226 e. The highest BCUT2D eigenvalue weighted by atomic mass is 16.1. The Bertz CT molecular complexity index is 948. The van der Waals surface area contributed by atoms with Gasteiger partial charge >= 0.3 is 0 Å². The molecule has 0 N–H and O–H groups in total. The lowest BCUT2D eigenvalue weighted by Crippen LogP contribution is -2.46. The number of aromatic nitrogens is 2. The minimum Gasteiger partial charge on any atom is -0.308 e. The standard InChI is InChI=1S/C22H21N3O.CH4/c1-4-16-17-11-10-15-13-24-21(14-8-6-5-7-9-14)25-20(15)22(17,2)12-18(23-3)19(16)26;/h5-9,12-13,16-17H,4,10-11H2,1-2H3;1H4/t16-,17-,22-;/m0./s1/i;1T. The van der Waals surface area contributed by atoms with E-state index in [1.165, 1.54) is 7.40 Å². The number of carbonyl (C=O) groups excluding carboxylic acids is 1. The molecule has 0 saturated heterocycles. The third-order valence-corrected chi connectivity index (χ3v) is 5.97. The van der Waals surface area contributed by atoms with Gasteiger partial charge in [-0.3, -0.25) is 0 Å². The quantitative estimate of drug-likeness (QED) is 0.706. The van der Waals surface area contributed by atoms with E-state index in [4.69, 9.17) is 12.9 Å². The lowest BCUT2D eigenvalue weighted by atomic mass is 9.57. The highest BCUT2D eigenvalue weighted by Gasteiger charge is 2.49. The summed E-state index contributed by atoms with van der Waals surface area (Å²) in [6, 6.07) is 9.94. The van der Waals surface area contributed by atoms with Gasteiger partial charge < -0.3 is 4.79 Å². The summed E-state index contributed by atoms with van der Waals surface area (Å²) in [6.07, 6.45) is 6.38. The number of rotatable bonds is 2. The van der Waals surface area contributed by atoms with Crippen molar-refractivity contribution in [3.63, 3.8) is 0 Å². The molecule has 1 aromatic heterocycles. The second-order valence-corrected chi connectivity index (χ2v) is 7.38. The zero-order valence-electron chi connectivity index (χ0n) is 17.1. The van der Waals surface area contributed by atoms with E-state index in [0.29, 0.717) is 5.82 Å². The molecule has 0 spiro atoms. The molecule has 138 valence electrons. The van der Waals surface area contributed by atoms with Gasteiger partial charge in [0, 0.05) is 24.5 Å². The van der Waals surface area contributed by atoms with E-state index in [2.05, 4.69) is 16.8 Å². The van der Waals surface area contributed by atoms with Gasteiger partial charge in [-0.25, -0.2) is 14.8 Å². The molecule has 0 amide bonds. The van der Waals surface area contributed by atoms with Crippen LogP contribution in [-0.4, -0.2) is 15.8 Å². The van der Waals surface area contributed by atoms with Crippen molar-refractivity contribution in [2.24, 2.45) is 11.8 Å². The molecule has 0 radical (unpaired) electrons. The van der Waals surface area contributed by atoms with Gasteiger partial charge in [-0.05, 0) is 30.7 Å². The molecule has 2 aliphatic rings. The Kier molecular flexibility index (Phi) is 4.61. The average molecular weight is 361 g/mol. The van der Waals surface area contributed by atoms with Gasteiger partial charge in [0.15, 0.2) is 11.6 Å². The van der Waals surface area contributed by atoms with Crippen LogP contribution in [0.25, 0.3) is 16.2 Å². The van der Waals surface area contributed by atoms with E-state index in [0.717, 1.165) is 36.1 Å². The number of aryl methyl sites for hydroxylation is 1. The van der Waals surface area contributed by atoms with Crippen LogP contribution >= 0.6 is 0 Å². The van der Waals surface area contributed by atoms with Gasteiger partial charge in [0.2, 0.25) is 5.70 Å². The first-order chi connectivity index (χ1) is 13.6. The van der Waals surface area contributed by atoms with Crippen molar-refractivity contribution in [1.82, 2.24) is 9.97 Å². The van der Waals surface area contributed by atoms with Gasteiger partial charge in [0.1, 0.15) is 0 Å². The van der Waals surface area contributed by atoms with Gasteiger partial charge in [0.25, 0.3) is 0 Å². The van der Waals surface area contributed by atoms with Crippen LogP contribution in [0.1, 0.15) is 46.7 Å². The fourth-order valence-electron chi connectivity index (χ4n) is 4.65. The minimum atomic E-state index is -0.394. The van der Waals surface area contributed by atoms with E-state index >= 15 is 0 Å². The predicted molar refractivity (Wildman–Crippen MR) is 107 cm³/mol. The molecular weight excluding hydrogens is 334 g/mol. The molecule has 4 heteroatoms. The van der Waals surface area contributed by atoms with Crippen LogP contribution in [0.5, 0.6) is 0 Å². The summed E-state index contributed by atoms with van der Waals surface area (Å²) in [7, 11) is 1.25. The fraction of sp³-hybridized carbons (Fsp3) is 0.391. The fourth-order valence-corrected chi connectivity index (χ4v) is 4.65. The number of hydrogen-bond donors (Lipinski definition) is 0. The van der Waals surface area contributed by atoms with Crippen molar-refractivity contribution in [1.29, 1.82) is 0 Å². The number of Topliss-reactive ketones (excluding diaryl/α,β-unsaturated/α-hetero) is 1. The molecular formula is C23H25N3O. The van der Waals surface area contributed by atoms with Crippen LogP contribution in [0.2, 0.25) is 0 Å². The Morgan fingerprint density at radius 2 is 2.11 bits per heavy atom. The number of benzene rings is 1. The maximum atomic E-state index is 12.7. The summed E-state index contributed by atoms with van der Waals surface area (Å²) >= 11 is 0. The van der Waals surface area contributed by atoms with Gasteiger partial charge in [-0.1, -0.05) is 57.7 Å². The monoisotopic (exact) mass is 361 g/mol. The summed E-state index contributed by atoms with van der Waals surface area (Å²) in [6.45, 7) is 11.6. The lowest BCUT2D eigenvalue weighted by molar-refractivity contribution is -0.122. The molecule has 4 nitrogen and oxygen atoms in total. The molecule has 1 heterocycles. The first-order valence-corrected chi connectivity index (χ1v) is 9.14. The van der Waals surface area contributed by atoms with Crippen LogP contribution in [-0.2, 0) is 16.6 Å². The summed E-state index contributed by atoms with van der Waals surface area (Å²) in [5.74, 6) is 0.800. The first-order valence-electron chi connectivity index (χ1n) is 10.1. The van der Waals surface area contributed by atoms with Crippen LogP contribution in [0.4, 0.5) is 0 Å². The van der Waals surface area contributed by atoms with E-state index in [1.54, 1.807) is 0 Å². The lowest BCUT2D eigenvalue weighted by Gasteiger charge is -2.46. The van der Waals surface area contributed by atoms with Crippen molar-refractivity contribution >= 4 is 5.78 Å². The molecule has 2 aromatic rings. The van der Waals surface area contributed by atoms with Gasteiger partial charge in [-0.15, -0.1) is 0 Å². The van der Waals surface area contributed by atoms with E-state index in [-0.39, 0.29) is 23.3 Å². The van der Waals surface area contributed by atoms with E-state index < -0.39 is 5.41 Å². The summed E-state index contributed by atoms with van der Waals surface area (Å²) in [5, 5.41) is 0. The predicted octanol–water partition coefficient (Wildman–Crippen LogP) is 5.01. The topological polar surface area (TPSA) is 47.2 Å². The zero-order valence-corrected chi connectivity index (χ0v) is 16.1. The van der Waals surface area contributed by atoms with Crippen molar-refractivity contribution in [3.8, 4) is 11.4 Å². The van der Waals surface area contributed by atoms with Crippen molar-refractivity contribution in [2.75, 3.05) is 0 Å².